The topological polar surface area (TPSA) is 64.4 Å². The van der Waals surface area contributed by atoms with Gasteiger partial charge in [-0.05, 0) is 37.0 Å². The van der Waals surface area contributed by atoms with E-state index in [0.29, 0.717) is 55.6 Å². The van der Waals surface area contributed by atoms with E-state index in [4.69, 9.17) is 33.7 Å². The third-order valence-electron chi connectivity index (χ3n) is 4.02. The van der Waals surface area contributed by atoms with E-state index >= 15 is 0 Å². The van der Waals surface area contributed by atoms with Crippen LogP contribution in [0.3, 0.4) is 0 Å². The van der Waals surface area contributed by atoms with Gasteiger partial charge in [0.25, 0.3) is 0 Å². The van der Waals surface area contributed by atoms with Gasteiger partial charge in [0, 0.05) is 36.3 Å². The highest BCUT2D eigenvalue weighted by atomic mass is 35.5. The Labute approximate surface area is 134 Å². The number of amides is 1. The number of hydrogen-bond acceptors (Lipinski definition) is 3. The Morgan fingerprint density at radius 1 is 1.33 bits per heavy atom. The van der Waals surface area contributed by atoms with Crippen LogP contribution < -0.4 is 11.1 Å². The van der Waals surface area contributed by atoms with E-state index < -0.39 is 5.41 Å². The zero-order valence-corrected chi connectivity index (χ0v) is 13.3. The Hall–Kier alpha value is -0.810. The minimum atomic E-state index is -0.484. The normalized spacial score (nSPS) is 17.5. The average Bonchev–Trinajstić information content (AvgIpc) is 2.50. The molecule has 21 heavy (non-hydrogen) atoms. The van der Waals surface area contributed by atoms with Gasteiger partial charge in [-0.25, -0.2) is 0 Å². The van der Waals surface area contributed by atoms with Crippen LogP contribution in [0.15, 0.2) is 18.2 Å². The fourth-order valence-corrected chi connectivity index (χ4v) is 3.01. The summed E-state index contributed by atoms with van der Waals surface area (Å²) in [5.41, 5.74) is 6.29. The predicted molar refractivity (Wildman–Crippen MR) is 84.7 cm³/mol. The number of rotatable bonds is 5. The Balaban J connectivity index is 1.88. The minimum Gasteiger partial charge on any atom is -0.381 e. The molecule has 1 saturated heterocycles. The fraction of sp³-hybridized carbons (Fsp3) is 0.533. The minimum absolute atomic E-state index is 0.0124. The van der Waals surface area contributed by atoms with E-state index in [9.17, 15) is 4.79 Å². The van der Waals surface area contributed by atoms with Crippen LogP contribution in [0.5, 0.6) is 0 Å². The summed E-state index contributed by atoms with van der Waals surface area (Å²) in [5, 5.41) is 4.20. The van der Waals surface area contributed by atoms with Crippen molar-refractivity contribution in [2.24, 2.45) is 11.1 Å². The van der Waals surface area contributed by atoms with Crippen LogP contribution in [-0.4, -0.2) is 32.2 Å². The summed E-state index contributed by atoms with van der Waals surface area (Å²) < 4.78 is 5.31. The van der Waals surface area contributed by atoms with Crippen molar-refractivity contribution in [1.29, 1.82) is 0 Å². The smallest absolute Gasteiger partial charge is 0.227 e. The SMILES string of the molecule is NCC1(C(=O)NCCc2ccc(Cl)cc2Cl)CCOCC1. The van der Waals surface area contributed by atoms with Crippen LogP contribution in [0.2, 0.25) is 10.0 Å². The molecule has 1 aromatic carbocycles. The first kappa shape index (κ1) is 16.6. The number of carbonyl (C=O) groups excluding carboxylic acids is 1. The highest BCUT2D eigenvalue weighted by Gasteiger charge is 2.38. The second-order valence-electron chi connectivity index (χ2n) is 5.34. The van der Waals surface area contributed by atoms with Gasteiger partial charge < -0.3 is 15.8 Å². The number of nitrogens with two attached hydrogens (primary N) is 1. The Kier molecular flexibility index (Phi) is 5.88. The van der Waals surface area contributed by atoms with Gasteiger partial charge in [-0.3, -0.25) is 4.79 Å². The molecule has 6 heteroatoms. The summed E-state index contributed by atoms with van der Waals surface area (Å²) >= 11 is 12.0. The first-order valence-electron chi connectivity index (χ1n) is 7.07. The summed E-state index contributed by atoms with van der Waals surface area (Å²) in [5.74, 6) is 0.0124. The molecule has 1 aromatic rings. The quantitative estimate of drug-likeness (QED) is 0.871. The molecule has 2 rings (SSSR count). The molecule has 0 saturated carbocycles. The zero-order valence-electron chi connectivity index (χ0n) is 11.8. The third kappa shape index (κ3) is 4.10. The Bertz CT molecular complexity index is 502. The van der Waals surface area contributed by atoms with E-state index in [1.54, 1.807) is 12.1 Å². The highest BCUT2D eigenvalue weighted by molar-refractivity contribution is 6.35. The van der Waals surface area contributed by atoms with Gasteiger partial charge in [0.2, 0.25) is 5.91 Å². The largest absolute Gasteiger partial charge is 0.381 e. The fourth-order valence-electron chi connectivity index (χ4n) is 2.51. The van der Waals surface area contributed by atoms with E-state index in [1.165, 1.54) is 0 Å². The standard InChI is InChI=1S/C15H20Cl2N2O2/c16-12-2-1-11(13(17)9-12)3-6-19-14(20)15(10-18)4-7-21-8-5-15/h1-2,9H,3-8,10,18H2,(H,19,20). The zero-order chi connectivity index (χ0) is 15.3. The van der Waals surface area contributed by atoms with Gasteiger partial charge in [-0.15, -0.1) is 0 Å². The Morgan fingerprint density at radius 3 is 2.67 bits per heavy atom. The van der Waals surface area contributed by atoms with E-state index in [1.807, 2.05) is 6.07 Å². The lowest BCUT2D eigenvalue weighted by molar-refractivity contribution is -0.135. The van der Waals surface area contributed by atoms with Crippen LogP contribution in [0.4, 0.5) is 0 Å². The molecular weight excluding hydrogens is 311 g/mol. The number of halogens is 2. The summed E-state index contributed by atoms with van der Waals surface area (Å²) in [6, 6.07) is 5.38. The van der Waals surface area contributed by atoms with Gasteiger partial charge in [-0.1, -0.05) is 29.3 Å². The van der Waals surface area contributed by atoms with Crippen LogP contribution in [0.1, 0.15) is 18.4 Å². The number of nitrogens with one attached hydrogen (secondary N) is 1. The van der Waals surface area contributed by atoms with Crippen LogP contribution >= 0.6 is 23.2 Å². The molecule has 1 amide bonds. The van der Waals surface area contributed by atoms with Crippen molar-refractivity contribution in [2.45, 2.75) is 19.3 Å². The predicted octanol–water partition coefficient (Wildman–Crippen LogP) is 2.41. The van der Waals surface area contributed by atoms with Crippen molar-refractivity contribution in [3.8, 4) is 0 Å². The summed E-state index contributed by atoms with van der Waals surface area (Å²) in [6.07, 6.45) is 2.02. The molecule has 0 spiro atoms. The van der Waals surface area contributed by atoms with Gasteiger partial charge >= 0.3 is 0 Å². The molecule has 1 aliphatic rings. The number of ether oxygens (including phenoxy) is 1. The molecular formula is C15H20Cl2N2O2. The van der Waals surface area contributed by atoms with E-state index in [2.05, 4.69) is 5.32 Å². The molecule has 0 aromatic heterocycles. The molecule has 1 fully saturated rings. The van der Waals surface area contributed by atoms with Crippen molar-refractivity contribution in [2.75, 3.05) is 26.3 Å². The van der Waals surface area contributed by atoms with Crippen LogP contribution in [0, 0.1) is 5.41 Å². The molecule has 1 aliphatic heterocycles. The number of carbonyl (C=O) groups is 1. The maximum absolute atomic E-state index is 12.4. The molecule has 0 radical (unpaired) electrons. The van der Waals surface area contributed by atoms with Crippen LogP contribution in [0.25, 0.3) is 0 Å². The lowest BCUT2D eigenvalue weighted by atomic mass is 9.79. The van der Waals surface area contributed by atoms with Crippen molar-refractivity contribution >= 4 is 29.1 Å². The second-order valence-corrected chi connectivity index (χ2v) is 6.18. The molecule has 0 bridgehead atoms. The molecule has 1 heterocycles. The van der Waals surface area contributed by atoms with Crippen molar-refractivity contribution < 1.29 is 9.53 Å². The van der Waals surface area contributed by atoms with E-state index in [0.717, 1.165) is 5.56 Å². The maximum atomic E-state index is 12.4. The lowest BCUT2D eigenvalue weighted by Crippen LogP contribution is -2.49. The number of hydrogen-bond donors (Lipinski definition) is 2. The lowest BCUT2D eigenvalue weighted by Gasteiger charge is -2.34. The van der Waals surface area contributed by atoms with Gasteiger partial charge in [0.15, 0.2) is 0 Å². The van der Waals surface area contributed by atoms with Gasteiger partial charge in [0.1, 0.15) is 0 Å². The van der Waals surface area contributed by atoms with Gasteiger partial charge in [0.05, 0.1) is 5.41 Å². The van der Waals surface area contributed by atoms with Gasteiger partial charge in [-0.2, -0.15) is 0 Å². The summed E-state index contributed by atoms with van der Waals surface area (Å²) in [4.78, 5) is 12.4. The first-order chi connectivity index (χ1) is 10.1. The van der Waals surface area contributed by atoms with Crippen molar-refractivity contribution in [3.05, 3.63) is 33.8 Å². The Morgan fingerprint density at radius 2 is 2.05 bits per heavy atom. The molecule has 0 aliphatic carbocycles. The molecule has 0 unspecified atom stereocenters. The molecule has 3 N–H and O–H groups in total. The second kappa shape index (κ2) is 7.45. The monoisotopic (exact) mass is 330 g/mol. The summed E-state index contributed by atoms with van der Waals surface area (Å²) in [7, 11) is 0. The van der Waals surface area contributed by atoms with Crippen LogP contribution in [-0.2, 0) is 16.0 Å². The third-order valence-corrected chi connectivity index (χ3v) is 4.60. The first-order valence-corrected chi connectivity index (χ1v) is 7.83. The number of benzene rings is 1. The highest BCUT2D eigenvalue weighted by Crippen LogP contribution is 2.29. The summed E-state index contributed by atoms with van der Waals surface area (Å²) in [6.45, 7) is 2.06. The van der Waals surface area contributed by atoms with E-state index in [-0.39, 0.29) is 5.91 Å². The van der Waals surface area contributed by atoms with Crippen molar-refractivity contribution in [1.82, 2.24) is 5.32 Å². The maximum Gasteiger partial charge on any atom is 0.227 e. The molecule has 0 atom stereocenters. The molecule has 116 valence electrons. The molecule has 4 nitrogen and oxygen atoms in total. The average molecular weight is 331 g/mol. The van der Waals surface area contributed by atoms with Crippen molar-refractivity contribution in [3.63, 3.8) is 0 Å².